The molecular formula is C14H18N2. The molecule has 0 aliphatic carbocycles. The monoisotopic (exact) mass is 214 g/mol. The third-order valence-corrected chi connectivity index (χ3v) is 2.95. The summed E-state index contributed by atoms with van der Waals surface area (Å²) in [4.78, 5) is 4.45. The Kier molecular flexibility index (Phi) is 3.52. The molecule has 2 N–H and O–H groups in total. The minimum atomic E-state index is 0.509. The van der Waals surface area contributed by atoms with Crippen molar-refractivity contribution < 1.29 is 0 Å². The van der Waals surface area contributed by atoms with Crippen LogP contribution in [0.5, 0.6) is 0 Å². The molecule has 0 atom stereocenters. The molecule has 1 heterocycles. The topological polar surface area (TPSA) is 38.9 Å². The van der Waals surface area contributed by atoms with Crippen LogP contribution >= 0.6 is 0 Å². The van der Waals surface area contributed by atoms with E-state index in [-0.39, 0.29) is 0 Å². The van der Waals surface area contributed by atoms with E-state index in [2.05, 4.69) is 30.1 Å². The highest BCUT2D eigenvalue weighted by Crippen LogP contribution is 2.22. The molecule has 0 aliphatic heterocycles. The number of pyridine rings is 1. The molecule has 2 aromatic rings. The van der Waals surface area contributed by atoms with Crippen molar-refractivity contribution in [2.24, 2.45) is 5.73 Å². The summed E-state index contributed by atoms with van der Waals surface area (Å²) in [5.41, 5.74) is 8.04. The fourth-order valence-corrected chi connectivity index (χ4v) is 2.04. The van der Waals surface area contributed by atoms with E-state index in [9.17, 15) is 0 Å². The van der Waals surface area contributed by atoms with Gasteiger partial charge in [-0.1, -0.05) is 37.6 Å². The average molecular weight is 214 g/mol. The molecule has 0 saturated heterocycles. The lowest BCUT2D eigenvalue weighted by Gasteiger charge is -2.08. The lowest BCUT2D eigenvalue weighted by Crippen LogP contribution is -2.02. The highest BCUT2D eigenvalue weighted by Gasteiger charge is 2.05. The molecule has 2 nitrogen and oxygen atoms in total. The second kappa shape index (κ2) is 5.08. The van der Waals surface area contributed by atoms with Gasteiger partial charge in [0, 0.05) is 18.1 Å². The van der Waals surface area contributed by atoms with Crippen LogP contribution in [0.3, 0.4) is 0 Å². The maximum Gasteiger partial charge on any atom is 0.0617 e. The van der Waals surface area contributed by atoms with E-state index in [1.165, 1.54) is 29.2 Å². The molecule has 1 aromatic carbocycles. The van der Waals surface area contributed by atoms with Crippen molar-refractivity contribution in [3.8, 4) is 0 Å². The molecule has 84 valence electrons. The van der Waals surface area contributed by atoms with E-state index in [4.69, 9.17) is 5.73 Å². The lowest BCUT2D eigenvalue weighted by molar-refractivity contribution is 0.795. The van der Waals surface area contributed by atoms with Gasteiger partial charge < -0.3 is 5.73 Å². The summed E-state index contributed by atoms with van der Waals surface area (Å²) in [6, 6.07) is 8.41. The average Bonchev–Trinajstić information content (AvgIpc) is 2.36. The number of aromatic nitrogens is 1. The van der Waals surface area contributed by atoms with Gasteiger partial charge in [0.2, 0.25) is 0 Å². The summed E-state index contributed by atoms with van der Waals surface area (Å²) in [5, 5.41) is 2.52. The normalized spacial score (nSPS) is 10.9. The first-order valence-corrected chi connectivity index (χ1v) is 5.92. The molecule has 2 heteroatoms. The highest BCUT2D eigenvalue weighted by molar-refractivity contribution is 5.87. The second-order valence-corrected chi connectivity index (χ2v) is 4.08. The first kappa shape index (κ1) is 11.1. The predicted octanol–water partition coefficient (Wildman–Crippen LogP) is 3.04. The largest absolute Gasteiger partial charge is 0.325 e. The summed E-state index contributed by atoms with van der Waals surface area (Å²) in [7, 11) is 0. The number of hydrogen-bond donors (Lipinski definition) is 1. The molecule has 0 saturated carbocycles. The van der Waals surface area contributed by atoms with Crippen LogP contribution in [0.4, 0.5) is 0 Å². The number of fused-ring (bicyclic) bond motifs is 1. The van der Waals surface area contributed by atoms with Crippen LogP contribution in [0.25, 0.3) is 10.8 Å². The number of nitrogens with zero attached hydrogens (tertiary/aromatic N) is 1. The van der Waals surface area contributed by atoms with Crippen molar-refractivity contribution in [2.75, 3.05) is 0 Å². The van der Waals surface area contributed by atoms with Crippen LogP contribution in [0, 0.1) is 0 Å². The zero-order valence-corrected chi connectivity index (χ0v) is 9.74. The van der Waals surface area contributed by atoms with Gasteiger partial charge in [-0.05, 0) is 23.8 Å². The molecule has 1 aromatic heterocycles. The lowest BCUT2D eigenvalue weighted by atomic mass is 10.0. The van der Waals surface area contributed by atoms with Crippen LogP contribution in [0.15, 0.2) is 30.5 Å². The van der Waals surface area contributed by atoms with E-state index in [0.717, 1.165) is 12.1 Å². The SMILES string of the molecule is CCCCc1cnc(CN)c2ccccc12. The fraction of sp³-hybridized carbons (Fsp3) is 0.357. The first-order valence-electron chi connectivity index (χ1n) is 5.92. The summed E-state index contributed by atoms with van der Waals surface area (Å²) < 4.78 is 0. The van der Waals surface area contributed by atoms with Gasteiger partial charge in [0.1, 0.15) is 0 Å². The van der Waals surface area contributed by atoms with Crippen LogP contribution in [0.2, 0.25) is 0 Å². The molecule has 0 bridgehead atoms. The standard InChI is InChI=1S/C14H18N2/c1-2-3-6-11-10-16-14(9-15)13-8-5-4-7-12(11)13/h4-5,7-8,10H,2-3,6,9,15H2,1H3. The zero-order valence-electron chi connectivity index (χ0n) is 9.74. The number of nitrogens with two attached hydrogens (primary N) is 1. The van der Waals surface area contributed by atoms with Gasteiger partial charge in [0.05, 0.1) is 5.69 Å². The molecule has 0 amide bonds. The minimum absolute atomic E-state index is 0.509. The summed E-state index contributed by atoms with van der Waals surface area (Å²) in [6.45, 7) is 2.72. The van der Waals surface area contributed by atoms with Gasteiger partial charge in [0.15, 0.2) is 0 Å². The van der Waals surface area contributed by atoms with Gasteiger partial charge in [0.25, 0.3) is 0 Å². The maximum atomic E-state index is 5.70. The third kappa shape index (κ3) is 2.07. The summed E-state index contributed by atoms with van der Waals surface area (Å²) in [6.07, 6.45) is 5.52. The van der Waals surface area contributed by atoms with Crippen molar-refractivity contribution in [2.45, 2.75) is 32.7 Å². The third-order valence-electron chi connectivity index (χ3n) is 2.95. The smallest absolute Gasteiger partial charge is 0.0617 e. The predicted molar refractivity (Wildman–Crippen MR) is 68.2 cm³/mol. The number of benzene rings is 1. The van der Waals surface area contributed by atoms with Crippen LogP contribution < -0.4 is 5.73 Å². The van der Waals surface area contributed by atoms with Crippen LogP contribution in [-0.2, 0) is 13.0 Å². The first-order chi connectivity index (χ1) is 7.86. The fourth-order valence-electron chi connectivity index (χ4n) is 2.04. The van der Waals surface area contributed by atoms with Crippen molar-refractivity contribution in [1.29, 1.82) is 0 Å². The Morgan fingerprint density at radius 1 is 1.19 bits per heavy atom. The van der Waals surface area contributed by atoms with Crippen LogP contribution in [-0.4, -0.2) is 4.98 Å². The van der Waals surface area contributed by atoms with Crippen molar-refractivity contribution in [1.82, 2.24) is 4.98 Å². The zero-order chi connectivity index (χ0) is 11.4. The molecule has 0 fully saturated rings. The van der Waals surface area contributed by atoms with Gasteiger partial charge in [-0.25, -0.2) is 0 Å². The second-order valence-electron chi connectivity index (χ2n) is 4.08. The number of unbranched alkanes of at least 4 members (excludes halogenated alkanes) is 1. The van der Waals surface area contributed by atoms with E-state index < -0.39 is 0 Å². The Morgan fingerprint density at radius 2 is 1.94 bits per heavy atom. The molecule has 2 rings (SSSR count). The molecule has 0 spiro atoms. The Hall–Kier alpha value is -1.41. The molecule has 0 unspecified atom stereocenters. The van der Waals surface area contributed by atoms with Crippen molar-refractivity contribution >= 4 is 10.8 Å². The van der Waals surface area contributed by atoms with E-state index in [0.29, 0.717) is 6.54 Å². The number of hydrogen-bond acceptors (Lipinski definition) is 2. The van der Waals surface area contributed by atoms with Gasteiger partial charge in [-0.3, -0.25) is 4.98 Å². The van der Waals surface area contributed by atoms with E-state index in [1.807, 2.05) is 12.3 Å². The molecular weight excluding hydrogens is 196 g/mol. The van der Waals surface area contributed by atoms with Crippen molar-refractivity contribution in [3.05, 3.63) is 41.7 Å². The quantitative estimate of drug-likeness (QED) is 0.849. The van der Waals surface area contributed by atoms with Crippen LogP contribution in [0.1, 0.15) is 31.0 Å². The molecule has 0 radical (unpaired) electrons. The summed E-state index contributed by atoms with van der Waals surface area (Å²) in [5.74, 6) is 0. The Balaban J connectivity index is 2.51. The Morgan fingerprint density at radius 3 is 2.62 bits per heavy atom. The van der Waals surface area contributed by atoms with Crippen molar-refractivity contribution in [3.63, 3.8) is 0 Å². The molecule has 16 heavy (non-hydrogen) atoms. The van der Waals surface area contributed by atoms with Gasteiger partial charge in [-0.15, -0.1) is 0 Å². The number of aryl methyl sites for hydroxylation is 1. The minimum Gasteiger partial charge on any atom is -0.325 e. The van der Waals surface area contributed by atoms with E-state index >= 15 is 0 Å². The Bertz CT molecular complexity index is 477. The molecule has 0 aliphatic rings. The van der Waals surface area contributed by atoms with Gasteiger partial charge in [-0.2, -0.15) is 0 Å². The number of rotatable bonds is 4. The Labute approximate surface area is 96.5 Å². The summed E-state index contributed by atoms with van der Waals surface area (Å²) >= 11 is 0. The van der Waals surface area contributed by atoms with Gasteiger partial charge >= 0.3 is 0 Å². The maximum absolute atomic E-state index is 5.70. The van der Waals surface area contributed by atoms with E-state index in [1.54, 1.807) is 0 Å². The highest BCUT2D eigenvalue weighted by atomic mass is 14.7.